The van der Waals surface area contributed by atoms with Crippen molar-refractivity contribution in [3.8, 4) is 5.69 Å². The van der Waals surface area contributed by atoms with Gasteiger partial charge in [-0.05, 0) is 42.5 Å². The smallest absolute Gasteiger partial charge is 0.221 e. The summed E-state index contributed by atoms with van der Waals surface area (Å²) >= 11 is 0. The van der Waals surface area contributed by atoms with E-state index in [9.17, 15) is 4.79 Å². The summed E-state index contributed by atoms with van der Waals surface area (Å²) in [6, 6.07) is 12.7. The molecule has 1 heterocycles. The molecule has 2 aromatic carbocycles. The molecule has 0 fully saturated rings. The Bertz CT molecular complexity index is 776. The fourth-order valence-electron chi connectivity index (χ4n) is 1.93. The summed E-state index contributed by atoms with van der Waals surface area (Å²) in [5.41, 5.74) is 9.46. The van der Waals surface area contributed by atoms with Gasteiger partial charge in [-0.1, -0.05) is 0 Å². The van der Waals surface area contributed by atoms with Crippen molar-refractivity contribution in [2.45, 2.75) is 6.92 Å². The van der Waals surface area contributed by atoms with Crippen LogP contribution in [0.2, 0.25) is 0 Å². The molecule has 3 rings (SSSR count). The number of benzene rings is 2. The number of carbonyl (C=O) groups is 1. The Kier molecular flexibility index (Phi) is 2.83. The first-order valence-electron chi connectivity index (χ1n) is 6.12. The number of anilines is 2. The highest BCUT2D eigenvalue weighted by atomic mass is 16.1. The number of nitrogen functional groups attached to an aromatic ring is 1. The van der Waals surface area contributed by atoms with Crippen molar-refractivity contribution in [3.63, 3.8) is 0 Å². The predicted molar refractivity (Wildman–Crippen MR) is 77.6 cm³/mol. The van der Waals surface area contributed by atoms with Crippen molar-refractivity contribution in [2.24, 2.45) is 0 Å². The molecule has 0 bridgehead atoms. The number of hydrogen-bond acceptors (Lipinski definition) is 4. The van der Waals surface area contributed by atoms with E-state index in [4.69, 9.17) is 5.73 Å². The number of nitrogens with zero attached hydrogens (tertiary/aromatic N) is 3. The fraction of sp³-hybridized carbons (Fsp3) is 0.0714. The van der Waals surface area contributed by atoms with Crippen LogP contribution in [-0.2, 0) is 4.79 Å². The zero-order valence-electron chi connectivity index (χ0n) is 10.9. The first-order chi connectivity index (χ1) is 9.61. The third-order valence-corrected chi connectivity index (χ3v) is 2.82. The van der Waals surface area contributed by atoms with Gasteiger partial charge in [-0.25, -0.2) is 0 Å². The lowest BCUT2D eigenvalue weighted by Gasteiger charge is -2.03. The van der Waals surface area contributed by atoms with E-state index in [1.165, 1.54) is 6.92 Å². The van der Waals surface area contributed by atoms with Gasteiger partial charge in [-0.2, -0.15) is 4.80 Å². The molecule has 0 saturated carbocycles. The molecular formula is C14H13N5O. The summed E-state index contributed by atoms with van der Waals surface area (Å²) in [5, 5.41) is 11.5. The molecule has 1 aromatic heterocycles. The van der Waals surface area contributed by atoms with E-state index >= 15 is 0 Å². The average molecular weight is 267 g/mol. The second-order valence-corrected chi connectivity index (χ2v) is 4.47. The maximum absolute atomic E-state index is 11.0. The molecule has 0 atom stereocenters. The molecule has 6 heteroatoms. The molecule has 0 aliphatic rings. The Morgan fingerprint density at radius 3 is 2.50 bits per heavy atom. The molecule has 100 valence electrons. The van der Waals surface area contributed by atoms with Crippen LogP contribution < -0.4 is 11.1 Å². The number of fused-ring (bicyclic) bond motifs is 1. The molecule has 0 aliphatic heterocycles. The number of carbonyl (C=O) groups excluding carboxylic acids is 1. The van der Waals surface area contributed by atoms with Crippen LogP contribution in [0.25, 0.3) is 16.7 Å². The minimum atomic E-state index is -0.101. The lowest BCUT2D eigenvalue weighted by molar-refractivity contribution is -0.114. The van der Waals surface area contributed by atoms with Gasteiger partial charge in [0.2, 0.25) is 5.91 Å². The minimum absolute atomic E-state index is 0.101. The lowest BCUT2D eigenvalue weighted by Crippen LogP contribution is -2.06. The quantitative estimate of drug-likeness (QED) is 0.695. The molecule has 0 saturated heterocycles. The van der Waals surface area contributed by atoms with Crippen molar-refractivity contribution in [3.05, 3.63) is 42.5 Å². The maximum Gasteiger partial charge on any atom is 0.221 e. The van der Waals surface area contributed by atoms with Crippen molar-refractivity contribution in [1.29, 1.82) is 0 Å². The average Bonchev–Trinajstić information content (AvgIpc) is 2.81. The van der Waals surface area contributed by atoms with Gasteiger partial charge in [-0.15, -0.1) is 10.2 Å². The summed E-state index contributed by atoms with van der Waals surface area (Å²) in [6.45, 7) is 1.47. The highest BCUT2D eigenvalue weighted by molar-refractivity contribution is 5.88. The summed E-state index contributed by atoms with van der Waals surface area (Å²) in [7, 11) is 0. The van der Waals surface area contributed by atoms with Crippen molar-refractivity contribution in [1.82, 2.24) is 15.0 Å². The lowest BCUT2D eigenvalue weighted by atomic mass is 10.3. The third-order valence-electron chi connectivity index (χ3n) is 2.82. The minimum Gasteiger partial charge on any atom is -0.399 e. The summed E-state index contributed by atoms with van der Waals surface area (Å²) < 4.78 is 0. The topological polar surface area (TPSA) is 85.8 Å². The van der Waals surface area contributed by atoms with Gasteiger partial charge in [0.05, 0.1) is 5.69 Å². The summed E-state index contributed by atoms with van der Waals surface area (Å²) in [6.07, 6.45) is 0. The zero-order valence-corrected chi connectivity index (χ0v) is 10.9. The standard InChI is InChI=1S/C14H13N5O/c1-9(20)16-11-3-5-12(6-4-11)19-17-13-7-2-10(15)8-14(13)18-19/h2-8H,15H2,1H3,(H,16,20). The van der Waals surface area contributed by atoms with Gasteiger partial charge in [0, 0.05) is 18.3 Å². The first-order valence-corrected chi connectivity index (χ1v) is 6.12. The molecule has 0 aliphatic carbocycles. The van der Waals surface area contributed by atoms with E-state index in [2.05, 4.69) is 15.5 Å². The Hall–Kier alpha value is -2.89. The van der Waals surface area contributed by atoms with Crippen LogP contribution in [0.3, 0.4) is 0 Å². The van der Waals surface area contributed by atoms with Crippen LogP contribution in [0.5, 0.6) is 0 Å². The van der Waals surface area contributed by atoms with Crippen LogP contribution in [-0.4, -0.2) is 20.9 Å². The van der Waals surface area contributed by atoms with Gasteiger partial charge in [0.1, 0.15) is 11.0 Å². The Morgan fingerprint density at radius 1 is 1.10 bits per heavy atom. The molecule has 6 nitrogen and oxygen atoms in total. The number of rotatable bonds is 2. The molecule has 0 unspecified atom stereocenters. The van der Waals surface area contributed by atoms with Crippen LogP contribution >= 0.6 is 0 Å². The number of amides is 1. The zero-order chi connectivity index (χ0) is 14.1. The molecule has 20 heavy (non-hydrogen) atoms. The van der Waals surface area contributed by atoms with Crippen LogP contribution in [0.15, 0.2) is 42.5 Å². The van der Waals surface area contributed by atoms with Gasteiger partial charge < -0.3 is 11.1 Å². The van der Waals surface area contributed by atoms with Crippen LogP contribution in [0.1, 0.15) is 6.92 Å². The van der Waals surface area contributed by atoms with E-state index in [1.807, 2.05) is 18.2 Å². The van der Waals surface area contributed by atoms with E-state index in [1.54, 1.807) is 29.1 Å². The Balaban J connectivity index is 1.96. The van der Waals surface area contributed by atoms with Crippen LogP contribution in [0, 0.1) is 0 Å². The Labute approximate surface area is 115 Å². The number of hydrogen-bond donors (Lipinski definition) is 2. The number of aromatic nitrogens is 3. The third kappa shape index (κ3) is 2.31. The maximum atomic E-state index is 11.0. The van der Waals surface area contributed by atoms with Crippen molar-refractivity contribution >= 4 is 28.3 Å². The normalized spacial score (nSPS) is 10.7. The molecule has 0 spiro atoms. The predicted octanol–water partition coefficient (Wildman–Crippen LogP) is 1.96. The van der Waals surface area contributed by atoms with E-state index in [0.29, 0.717) is 5.69 Å². The van der Waals surface area contributed by atoms with Gasteiger partial charge >= 0.3 is 0 Å². The van der Waals surface area contributed by atoms with E-state index in [0.717, 1.165) is 22.4 Å². The fourth-order valence-corrected chi connectivity index (χ4v) is 1.93. The van der Waals surface area contributed by atoms with Crippen molar-refractivity contribution in [2.75, 3.05) is 11.1 Å². The van der Waals surface area contributed by atoms with Crippen LogP contribution in [0.4, 0.5) is 11.4 Å². The molecule has 3 aromatic rings. The number of nitrogens with two attached hydrogens (primary N) is 1. The van der Waals surface area contributed by atoms with Gasteiger partial charge in [-0.3, -0.25) is 4.79 Å². The molecule has 3 N–H and O–H groups in total. The molecule has 1 amide bonds. The van der Waals surface area contributed by atoms with E-state index < -0.39 is 0 Å². The summed E-state index contributed by atoms with van der Waals surface area (Å²) in [5.74, 6) is -0.101. The first kappa shape index (κ1) is 12.2. The SMILES string of the molecule is CC(=O)Nc1ccc(-n2nc3ccc(N)cc3n2)cc1. The Morgan fingerprint density at radius 2 is 1.80 bits per heavy atom. The molecular weight excluding hydrogens is 254 g/mol. The second kappa shape index (κ2) is 4.65. The monoisotopic (exact) mass is 267 g/mol. The highest BCUT2D eigenvalue weighted by Crippen LogP contribution is 2.16. The summed E-state index contributed by atoms with van der Waals surface area (Å²) in [4.78, 5) is 12.5. The van der Waals surface area contributed by atoms with E-state index in [-0.39, 0.29) is 5.91 Å². The van der Waals surface area contributed by atoms with Gasteiger partial charge in [0.25, 0.3) is 0 Å². The number of nitrogens with one attached hydrogen (secondary N) is 1. The second-order valence-electron chi connectivity index (χ2n) is 4.47. The molecule has 0 radical (unpaired) electrons. The largest absolute Gasteiger partial charge is 0.399 e. The highest BCUT2D eigenvalue weighted by Gasteiger charge is 2.05. The van der Waals surface area contributed by atoms with Gasteiger partial charge in [0.15, 0.2) is 0 Å². The van der Waals surface area contributed by atoms with Crippen molar-refractivity contribution < 1.29 is 4.79 Å².